The molecule has 2 rings (SSSR count). The van der Waals surface area contributed by atoms with Crippen LogP contribution in [0.2, 0.25) is 0 Å². The minimum atomic E-state index is -0.730. The quantitative estimate of drug-likeness (QED) is 0.678. The van der Waals surface area contributed by atoms with Gasteiger partial charge in [-0.05, 0) is 56.0 Å². The van der Waals surface area contributed by atoms with Crippen molar-refractivity contribution in [2.75, 3.05) is 12.4 Å². The van der Waals surface area contributed by atoms with Crippen LogP contribution in [0.4, 0.5) is 5.69 Å². The van der Waals surface area contributed by atoms with Gasteiger partial charge in [-0.25, -0.2) is 0 Å². The summed E-state index contributed by atoms with van der Waals surface area (Å²) in [5, 5.41) is 2.95. The highest BCUT2D eigenvalue weighted by Gasteiger charge is 2.19. The van der Waals surface area contributed by atoms with Gasteiger partial charge in [-0.2, -0.15) is 0 Å². The van der Waals surface area contributed by atoms with Gasteiger partial charge in [0.25, 0.3) is 5.91 Å². The van der Waals surface area contributed by atoms with E-state index in [0.29, 0.717) is 23.0 Å². The Hall–Kier alpha value is -2.82. The van der Waals surface area contributed by atoms with Crippen LogP contribution in [0.25, 0.3) is 0 Å². The Bertz CT molecular complexity index is 816. The zero-order valence-electron chi connectivity index (χ0n) is 16.5. The molecule has 0 saturated carbocycles. The predicted octanol–water partition coefficient (Wildman–Crippen LogP) is 4.82. The van der Waals surface area contributed by atoms with Crippen molar-refractivity contribution in [3.05, 3.63) is 53.6 Å². The number of carbonyl (C=O) groups is 2. The molecule has 2 aromatic carbocycles. The zero-order chi connectivity index (χ0) is 20.0. The number of rotatable bonds is 8. The molecule has 0 aromatic heterocycles. The summed E-state index contributed by atoms with van der Waals surface area (Å²) in [6.07, 6.45) is 0.255. The lowest BCUT2D eigenvalue weighted by molar-refractivity contribution is -0.122. The van der Waals surface area contributed by atoms with Crippen molar-refractivity contribution in [1.29, 1.82) is 0 Å². The number of methoxy groups -OCH3 is 1. The van der Waals surface area contributed by atoms with Crippen LogP contribution >= 0.6 is 0 Å². The van der Waals surface area contributed by atoms with Crippen molar-refractivity contribution in [3.8, 4) is 11.5 Å². The van der Waals surface area contributed by atoms with Crippen molar-refractivity contribution in [2.45, 2.75) is 46.1 Å². The lowest BCUT2D eigenvalue weighted by atomic mass is 9.97. The van der Waals surface area contributed by atoms with Gasteiger partial charge in [0.2, 0.25) is 0 Å². The monoisotopic (exact) mass is 369 g/mol. The lowest BCUT2D eigenvalue weighted by Gasteiger charge is -2.19. The van der Waals surface area contributed by atoms with Crippen LogP contribution in [-0.2, 0) is 4.79 Å². The zero-order valence-corrected chi connectivity index (χ0v) is 16.5. The summed E-state index contributed by atoms with van der Waals surface area (Å²) in [5.74, 6) is 0.871. The third-order valence-corrected chi connectivity index (χ3v) is 4.61. The molecule has 0 fully saturated rings. The number of Topliss-reactive ketones (excluding diaryl/α,β-unsaturated/α-hetero) is 1. The fourth-order valence-electron chi connectivity index (χ4n) is 2.72. The molecular formula is C22H27NO4. The van der Waals surface area contributed by atoms with E-state index in [0.717, 1.165) is 17.7 Å². The number of carbonyl (C=O) groups excluding carboxylic acids is 2. The summed E-state index contributed by atoms with van der Waals surface area (Å²) in [5.41, 5.74) is 2.42. The Morgan fingerprint density at radius 3 is 2.41 bits per heavy atom. The SMILES string of the molecule is CC[C@H](C)c1ccccc1NC(=O)[C@@H](C)Oc1ccc(C(C)=O)cc1OC. The Morgan fingerprint density at radius 1 is 1.07 bits per heavy atom. The van der Waals surface area contributed by atoms with Crippen LogP contribution in [-0.4, -0.2) is 24.9 Å². The summed E-state index contributed by atoms with van der Waals surface area (Å²) in [7, 11) is 1.50. The van der Waals surface area contributed by atoms with Gasteiger partial charge in [-0.15, -0.1) is 0 Å². The highest BCUT2D eigenvalue weighted by molar-refractivity contribution is 5.95. The summed E-state index contributed by atoms with van der Waals surface area (Å²) < 4.78 is 11.1. The molecular weight excluding hydrogens is 342 g/mol. The second-order valence-corrected chi connectivity index (χ2v) is 6.57. The van der Waals surface area contributed by atoms with Crippen molar-refractivity contribution in [2.24, 2.45) is 0 Å². The second-order valence-electron chi connectivity index (χ2n) is 6.57. The maximum Gasteiger partial charge on any atom is 0.265 e. The molecule has 0 radical (unpaired) electrons. The molecule has 0 aliphatic carbocycles. The number of nitrogens with one attached hydrogen (secondary N) is 1. The standard InChI is InChI=1S/C22H27NO4/c1-6-14(2)18-9-7-8-10-19(18)23-22(25)16(4)27-20-12-11-17(15(3)24)13-21(20)26-5/h7-14,16H,6H2,1-5H3,(H,23,25)/t14-,16+/m0/s1. The largest absolute Gasteiger partial charge is 0.493 e. The van der Waals surface area contributed by atoms with Gasteiger partial charge in [0.05, 0.1) is 7.11 Å². The number of para-hydroxylation sites is 1. The second kappa shape index (κ2) is 9.21. The highest BCUT2D eigenvalue weighted by Crippen LogP contribution is 2.30. The van der Waals surface area contributed by atoms with Crippen LogP contribution in [0, 0.1) is 0 Å². The van der Waals surface area contributed by atoms with Crippen LogP contribution in [0.1, 0.15) is 56.0 Å². The first-order chi connectivity index (χ1) is 12.9. The minimum absolute atomic E-state index is 0.0627. The van der Waals surface area contributed by atoms with Crippen molar-refractivity contribution >= 4 is 17.4 Å². The first-order valence-electron chi connectivity index (χ1n) is 9.12. The molecule has 2 atom stereocenters. The fraction of sp³-hybridized carbons (Fsp3) is 0.364. The number of ether oxygens (including phenoxy) is 2. The summed E-state index contributed by atoms with van der Waals surface area (Å²) in [4.78, 5) is 24.1. The predicted molar refractivity (Wildman–Crippen MR) is 107 cm³/mol. The van der Waals surface area contributed by atoms with Gasteiger partial charge >= 0.3 is 0 Å². The Labute approximate surface area is 160 Å². The van der Waals surface area contributed by atoms with E-state index in [-0.39, 0.29) is 11.7 Å². The molecule has 0 aliphatic heterocycles. The maximum absolute atomic E-state index is 12.6. The van der Waals surface area contributed by atoms with Crippen LogP contribution in [0.15, 0.2) is 42.5 Å². The summed E-state index contributed by atoms with van der Waals surface area (Å²) in [6.45, 7) is 7.41. The number of anilines is 1. The average molecular weight is 369 g/mol. The smallest absolute Gasteiger partial charge is 0.265 e. The average Bonchev–Trinajstić information content (AvgIpc) is 2.67. The van der Waals surface area contributed by atoms with E-state index < -0.39 is 6.10 Å². The van der Waals surface area contributed by atoms with Gasteiger partial charge in [-0.1, -0.05) is 32.0 Å². The minimum Gasteiger partial charge on any atom is -0.493 e. The number of amides is 1. The molecule has 0 saturated heterocycles. The molecule has 5 nitrogen and oxygen atoms in total. The fourth-order valence-corrected chi connectivity index (χ4v) is 2.72. The summed E-state index contributed by atoms with van der Waals surface area (Å²) in [6, 6.07) is 12.7. The molecule has 0 heterocycles. The number of ketones is 1. The molecule has 27 heavy (non-hydrogen) atoms. The van der Waals surface area contributed by atoms with E-state index in [1.54, 1.807) is 25.1 Å². The molecule has 0 aliphatic rings. The Balaban J connectivity index is 2.14. The number of hydrogen-bond acceptors (Lipinski definition) is 4. The molecule has 2 aromatic rings. The number of benzene rings is 2. The highest BCUT2D eigenvalue weighted by atomic mass is 16.5. The third kappa shape index (κ3) is 5.09. The molecule has 1 N–H and O–H groups in total. The van der Waals surface area contributed by atoms with Gasteiger partial charge in [-0.3, -0.25) is 9.59 Å². The van der Waals surface area contributed by atoms with Gasteiger partial charge in [0.15, 0.2) is 23.4 Å². The summed E-state index contributed by atoms with van der Waals surface area (Å²) >= 11 is 0. The van der Waals surface area contributed by atoms with E-state index in [1.165, 1.54) is 14.0 Å². The van der Waals surface area contributed by atoms with Crippen LogP contribution in [0.3, 0.4) is 0 Å². The lowest BCUT2D eigenvalue weighted by Crippen LogP contribution is -2.30. The first-order valence-corrected chi connectivity index (χ1v) is 9.12. The van der Waals surface area contributed by atoms with Crippen molar-refractivity contribution in [1.82, 2.24) is 0 Å². The topological polar surface area (TPSA) is 64.6 Å². The van der Waals surface area contributed by atoms with E-state index in [1.807, 2.05) is 24.3 Å². The van der Waals surface area contributed by atoms with E-state index in [4.69, 9.17) is 9.47 Å². The molecule has 0 spiro atoms. The Kier molecular flexibility index (Phi) is 6.99. The van der Waals surface area contributed by atoms with Crippen LogP contribution < -0.4 is 14.8 Å². The first kappa shape index (κ1) is 20.5. The Morgan fingerprint density at radius 2 is 1.78 bits per heavy atom. The molecule has 1 amide bonds. The van der Waals surface area contributed by atoms with E-state index in [9.17, 15) is 9.59 Å². The van der Waals surface area contributed by atoms with Crippen LogP contribution in [0.5, 0.6) is 11.5 Å². The number of hydrogen-bond donors (Lipinski definition) is 1. The van der Waals surface area contributed by atoms with E-state index >= 15 is 0 Å². The van der Waals surface area contributed by atoms with Crippen molar-refractivity contribution in [3.63, 3.8) is 0 Å². The maximum atomic E-state index is 12.6. The van der Waals surface area contributed by atoms with Gasteiger partial charge < -0.3 is 14.8 Å². The molecule has 0 unspecified atom stereocenters. The molecule has 5 heteroatoms. The molecule has 144 valence electrons. The van der Waals surface area contributed by atoms with E-state index in [2.05, 4.69) is 19.2 Å². The van der Waals surface area contributed by atoms with Crippen molar-refractivity contribution < 1.29 is 19.1 Å². The third-order valence-electron chi connectivity index (χ3n) is 4.61. The van der Waals surface area contributed by atoms with Gasteiger partial charge in [0.1, 0.15) is 0 Å². The molecule has 0 bridgehead atoms. The van der Waals surface area contributed by atoms with Gasteiger partial charge in [0, 0.05) is 11.3 Å². The normalized spacial score (nSPS) is 12.8.